The number of pyridine rings is 1. The summed E-state index contributed by atoms with van der Waals surface area (Å²) in [4.78, 5) is 4.37. The molecule has 4 aromatic rings. The number of benzene rings is 1. The monoisotopic (exact) mass is 280 g/mol. The average Bonchev–Trinajstić information content (AvgIpc) is 3.07. The Morgan fingerprint density at radius 1 is 1.14 bits per heavy atom. The lowest BCUT2D eigenvalue weighted by Crippen LogP contribution is -2.35. The summed E-state index contributed by atoms with van der Waals surface area (Å²) >= 11 is 0. The van der Waals surface area contributed by atoms with Crippen LogP contribution >= 0.6 is 0 Å². The smallest absolute Gasteiger partial charge is 0.266 e. The van der Waals surface area contributed by atoms with Crippen LogP contribution in [0.5, 0.6) is 0 Å². The van der Waals surface area contributed by atoms with Crippen molar-refractivity contribution in [2.45, 2.75) is 13.8 Å². The highest BCUT2D eigenvalue weighted by molar-refractivity contribution is 5.76. The van der Waals surface area contributed by atoms with Gasteiger partial charge in [0.15, 0.2) is 0 Å². The second-order valence-corrected chi connectivity index (χ2v) is 5.18. The number of hydrogen-bond acceptors (Lipinski definition) is 1. The van der Waals surface area contributed by atoms with Gasteiger partial charge in [-0.2, -0.15) is 9.55 Å². The van der Waals surface area contributed by atoms with Gasteiger partial charge in [0, 0.05) is 28.0 Å². The van der Waals surface area contributed by atoms with Crippen molar-refractivity contribution in [2.75, 3.05) is 0 Å². The molecule has 0 atom stereocenters. The van der Waals surface area contributed by atoms with Crippen LogP contribution in [0.15, 0.2) is 48.8 Å². The van der Waals surface area contributed by atoms with Gasteiger partial charge in [-0.1, -0.05) is 18.2 Å². The van der Waals surface area contributed by atoms with E-state index >= 15 is 0 Å². The summed E-state index contributed by atoms with van der Waals surface area (Å²) in [6.45, 7) is -0.380. The summed E-state index contributed by atoms with van der Waals surface area (Å²) in [6.07, 6.45) is 3.32. The fraction of sp³-hybridized carbons (Fsp3) is 0.176. The van der Waals surface area contributed by atoms with Crippen LogP contribution in [-0.2, 0) is 7.05 Å². The van der Waals surface area contributed by atoms with Crippen LogP contribution in [0, 0.1) is 13.8 Å². The van der Waals surface area contributed by atoms with Gasteiger partial charge in [-0.05, 0) is 25.9 Å². The zero-order valence-corrected chi connectivity index (χ0v) is 11.9. The molecule has 0 unspecified atom stereocenters. The first-order valence-electron chi connectivity index (χ1n) is 8.32. The Kier molecular flexibility index (Phi) is 1.86. The summed E-state index contributed by atoms with van der Waals surface area (Å²) in [7, 11) is 1.98. The highest BCUT2D eigenvalue weighted by atomic mass is 15.3. The normalized spacial score (nSPS) is 14.3. The molecule has 0 aliphatic rings. The van der Waals surface area contributed by atoms with E-state index in [1.165, 1.54) is 0 Å². The SMILES string of the molecule is [2H]C([2H])([2H])c1c(C)n(-c2ccc3ccccc3[n+]2C)c2nccn12. The molecule has 4 rings (SSSR count). The second kappa shape index (κ2) is 4.19. The third kappa shape index (κ3) is 1.56. The van der Waals surface area contributed by atoms with Crippen molar-refractivity contribution in [1.29, 1.82) is 0 Å². The number of rotatable bonds is 1. The number of nitrogens with zero attached hydrogens (tertiary/aromatic N) is 4. The largest absolute Gasteiger partial charge is 0.311 e. The maximum absolute atomic E-state index is 7.86. The van der Waals surface area contributed by atoms with Crippen molar-refractivity contribution in [1.82, 2.24) is 14.0 Å². The van der Waals surface area contributed by atoms with E-state index in [4.69, 9.17) is 4.11 Å². The van der Waals surface area contributed by atoms with Crippen LogP contribution in [0.3, 0.4) is 0 Å². The number of hydrogen-bond donors (Lipinski definition) is 0. The van der Waals surface area contributed by atoms with E-state index in [-0.39, 0.29) is 0 Å². The Labute approximate surface area is 127 Å². The second-order valence-electron chi connectivity index (χ2n) is 5.18. The summed E-state index contributed by atoms with van der Waals surface area (Å²) in [5, 5.41) is 1.13. The fourth-order valence-electron chi connectivity index (χ4n) is 2.90. The molecule has 4 nitrogen and oxygen atoms in total. The van der Waals surface area contributed by atoms with Crippen LogP contribution in [-0.4, -0.2) is 14.0 Å². The minimum absolute atomic E-state index is 0.295. The van der Waals surface area contributed by atoms with Crippen molar-refractivity contribution < 1.29 is 8.68 Å². The standard InChI is InChI=1S/C17H17N4/c1-12-13(2)21(17-18-10-11-20(12)17)16-9-8-14-6-4-5-7-15(14)19(16)3/h4-11H,1-3H3/q+1/i1D3. The van der Waals surface area contributed by atoms with Gasteiger partial charge < -0.3 is 0 Å². The van der Waals surface area contributed by atoms with Gasteiger partial charge in [0.05, 0.1) is 12.7 Å². The Balaban J connectivity index is 2.10. The molecule has 1 aromatic carbocycles. The van der Waals surface area contributed by atoms with Gasteiger partial charge in [0.2, 0.25) is 0 Å². The van der Waals surface area contributed by atoms with Crippen molar-refractivity contribution in [2.24, 2.45) is 7.05 Å². The predicted octanol–water partition coefficient (Wildman–Crippen LogP) is 2.72. The molecule has 0 saturated heterocycles. The van der Waals surface area contributed by atoms with Gasteiger partial charge in [0.25, 0.3) is 5.82 Å². The molecule has 0 aliphatic heterocycles. The lowest BCUT2D eigenvalue weighted by Gasteiger charge is -2.06. The number of aryl methyl sites for hydroxylation is 2. The molecule has 0 saturated carbocycles. The topological polar surface area (TPSA) is 26.1 Å². The van der Waals surface area contributed by atoms with Crippen molar-refractivity contribution in [3.05, 3.63) is 60.2 Å². The molecule has 0 bridgehead atoms. The quantitative estimate of drug-likeness (QED) is 0.492. The van der Waals surface area contributed by atoms with E-state index in [0.717, 1.165) is 16.7 Å². The molecular weight excluding hydrogens is 260 g/mol. The van der Waals surface area contributed by atoms with Gasteiger partial charge in [-0.15, -0.1) is 0 Å². The number of para-hydroxylation sites is 1. The van der Waals surface area contributed by atoms with E-state index in [1.54, 1.807) is 16.8 Å². The van der Waals surface area contributed by atoms with Crippen LogP contribution in [0.25, 0.3) is 22.5 Å². The zero-order chi connectivity index (χ0) is 17.1. The van der Waals surface area contributed by atoms with E-state index in [0.29, 0.717) is 17.2 Å². The van der Waals surface area contributed by atoms with Crippen LogP contribution in [0.4, 0.5) is 0 Å². The van der Waals surface area contributed by atoms with E-state index < -0.39 is 6.85 Å². The van der Waals surface area contributed by atoms with Gasteiger partial charge >= 0.3 is 5.78 Å². The Bertz CT molecular complexity index is 1070. The molecule has 4 heteroatoms. The van der Waals surface area contributed by atoms with Crippen molar-refractivity contribution in [3.63, 3.8) is 0 Å². The summed E-state index contributed by atoms with van der Waals surface area (Å²) < 4.78 is 29.2. The summed E-state index contributed by atoms with van der Waals surface area (Å²) in [5.41, 5.74) is 2.04. The van der Waals surface area contributed by atoms with Crippen LogP contribution in [0.2, 0.25) is 0 Å². The zero-order valence-electron chi connectivity index (χ0n) is 14.9. The summed E-state index contributed by atoms with van der Waals surface area (Å²) in [5.74, 6) is 1.47. The Hall–Kier alpha value is -2.62. The lowest BCUT2D eigenvalue weighted by atomic mass is 10.2. The molecule has 21 heavy (non-hydrogen) atoms. The number of aromatic nitrogens is 4. The first-order chi connectivity index (χ1) is 11.4. The molecule has 0 N–H and O–H groups in total. The first kappa shape index (κ1) is 9.34. The minimum atomic E-state index is -2.20. The third-order valence-electron chi connectivity index (χ3n) is 4.02. The van der Waals surface area contributed by atoms with Crippen LogP contribution < -0.4 is 4.57 Å². The Morgan fingerprint density at radius 2 is 2.00 bits per heavy atom. The Morgan fingerprint density at radius 3 is 2.86 bits per heavy atom. The molecular formula is C17H17N4+. The van der Waals surface area contributed by atoms with Gasteiger partial charge in [-0.25, -0.2) is 4.57 Å². The third-order valence-corrected chi connectivity index (χ3v) is 4.02. The van der Waals surface area contributed by atoms with E-state index in [1.807, 2.05) is 48.9 Å². The molecule has 0 spiro atoms. The van der Waals surface area contributed by atoms with Crippen LogP contribution in [0.1, 0.15) is 15.5 Å². The predicted molar refractivity (Wildman–Crippen MR) is 82.7 cm³/mol. The van der Waals surface area contributed by atoms with E-state index in [9.17, 15) is 0 Å². The molecule has 3 aromatic heterocycles. The molecule has 0 aliphatic carbocycles. The summed E-state index contributed by atoms with van der Waals surface area (Å²) in [6, 6.07) is 12.1. The highest BCUT2D eigenvalue weighted by Crippen LogP contribution is 2.20. The highest BCUT2D eigenvalue weighted by Gasteiger charge is 2.22. The molecule has 0 radical (unpaired) electrons. The average molecular weight is 280 g/mol. The van der Waals surface area contributed by atoms with Crippen molar-refractivity contribution in [3.8, 4) is 5.82 Å². The molecule has 0 amide bonds. The number of imidazole rings is 2. The molecule has 3 heterocycles. The van der Waals surface area contributed by atoms with Gasteiger partial charge in [-0.3, -0.25) is 4.40 Å². The van der Waals surface area contributed by atoms with Crippen molar-refractivity contribution >= 4 is 16.7 Å². The minimum Gasteiger partial charge on any atom is -0.266 e. The fourth-order valence-corrected chi connectivity index (χ4v) is 2.90. The number of fused-ring (bicyclic) bond motifs is 2. The molecule has 104 valence electrons. The first-order valence-corrected chi connectivity index (χ1v) is 6.82. The maximum atomic E-state index is 7.86. The molecule has 0 fully saturated rings. The lowest BCUT2D eigenvalue weighted by molar-refractivity contribution is -0.639. The maximum Gasteiger partial charge on any atom is 0.311 e. The van der Waals surface area contributed by atoms with E-state index in [2.05, 4.69) is 15.6 Å². The van der Waals surface area contributed by atoms with Gasteiger partial charge in [0.1, 0.15) is 11.2 Å².